The highest BCUT2D eigenvalue weighted by atomic mass is 32.2. The molecular formula is C61H136F3NO8S. The first-order valence-corrected chi connectivity index (χ1v) is 28.7. The van der Waals surface area contributed by atoms with Crippen molar-refractivity contribution in [2.75, 3.05) is 53.4 Å². The Morgan fingerprint density at radius 2 is 0.919 bits per heavy atom. The van der Waals surface area contributed by atoms with Gasteiger partial charge in [-0.25, -0.2) is 4.39 Å². The SMILES string of the molecule is CC(C)(C)C.CC(C)(C)C1CC1.CC(C)(C)OC(F)F.CC(C)(C)OC1CNC1.CC(F)OC(C)(C)C.CCC(CO)OC(C)(C)C.CCCOC(C)(C)C.COC(C)(C)C.COCC(C)(C)C.CSC(C)(C)C. The van der Waals surface area contributed by atoms with Gasteiger partial charge in [0, 0.05) is 38.7 Å². The number of alkyl halides is 3. The molecule has 0 bridgehead atoms. The number of aliphatic hydroxyl groups is 1. The van der Waals surface area contributed by atoms with Gasteiger partial charge in [-0.2, -0.15) is 20.5 Å². The number of hydrogen-bond acceptors (Lipinski definition) is 10. The zero-order chi connectivity index (χ0) is 61.6. The Bertz CT molecular complexity index is 1130. The van der Waals surface area contributed by atoms with Crippen LogP contribution < -0.4 is 5.32 Å². The van der Waals surface area contributed by atoms with Crippen LogP contribution in [0.3, 0.4) is 0 Å². The number of methoxy groups -OCH3 is 2. The van der Waals surface area contributed by atoms with E-state index in [1.165, 1.54) is 19.8 Å². The van der Waals surface area contributed by atoms with E-state index in [9.17, 15) is 13.2 Å². The van der Waals surface area contributed by atoms with Gasteiger partial charge in [-0.1, -0.05) is 104 Å². The molecule has 9 nitrogen and oxygen atoms in total. The number of rotatable bonds is 9. The molecule has 0 spiro atoms. The molecule has 1 saturated carbocycles. The zero-order valence-corrected chi connectivity index (χ0v) is 57.4. The average molecular weight is 1100 g/mol. The van der Waals surface area contributed by atoms with E-state index in [1.807, 2.05) is 81.0 Å². The third-order valence-electron chi connectivity index (χ3n) is 7.75. The molecule has 0 aromatic rings. The van der Waals surface area contributed by atoms with Crippen LogP contribution in [0, 0.1) is 22.2 Å². The first-order chi connectivity index (χ1) is 32.3. The molecule has 460 valence electrons. The zero-order valence-electron chi connectivity index (χ0n) is 56.6. The van der Waals surface area contributed by atoms with Crippen molar-refractivity contribution >= 4 is 11.8 Å². The summed E-state index contributed by atoms with van der Waals surface area (Å²) in [7, 11) is 3.44. The molecule has 13 heteroatoms. The van der Waals surface area contributed by atoms with Crippen molar-refractivity contribution in [3.8, 4) is 0 Å². The second kappa shape index (κ2) is 43.6. The lowest BCUT2D eigenvalue weighted by Gasteiger charge is -2.33. The standard InChI is InChI=1S/C8H18O2.C7H15NO.C7H16O.C7H14.C6H13FO.C6H14O.C5H10F2O.C5H12O.C5H12S.C5H12/c1-5-7(6-9)10-8(2,3)4;1-7(2,3)9-6-4-8-5-6;1-5-6-8-7(2,3)4;1-7(2,3)6-4-5-6;1-5(7)8-6(2,3)4;1-6(2,3)5-7-4;1-5(2,3)8-4(6)7;2*1-5(2,3)6-4;1-5(2,3)4/h7,9H,5-6H2,1-4H3;6,8H,4-5H2,1-3H3;5-6H2,1-4H3;6H,4-5H2,1-3H3;5H,1-4H3;5H2,1-4H3;4H,1-3H3;2*1-4H3;1-4H3. The molecule has 2 atom stereocenters. The van der Waals surface area contributed by atoms with Gasteiger partial charge in [0.2, 0.25) is 0 Å². The summed E-state index contributed by atoms with van der Waals surface area (Å²) in [4.78, 5) is 0. The predicted molar refractivity (Wildman–Crippen MR) is 322 cm³/mol. The molecule has 2 rings (SSSR count). The lowest BCUT2D eigenvalue weighted by Crippen LogP contribution is -2.51. The fraction of sp³-hybridized carbons (Fsp3) is 1.00. The Morgan fingerprint density at radius 1 is 0.568 bits per heavy atom. The van der Waals surface area contributed by atoms with E-state index in [0.29, 0.717) is 27.1 Å². The van der Waals surface area contributed by atoms with Gasteiger partial charge in [-0.3, -0.25) is 0 Å². The Hall–Kier alpha value is -0.220. The van der Waals surface area contributed by atoms with Gasteiger partial charge in [0.1, 0.15) is 0 Å². The quantitative estimate of drug-likeness (QED) is 0.232. The topological polar surface area (TPSA) is 96.9 Å². The van der Waals surface area contributed by atoms with Crippen molar-refractivity contribution < 1.29 is 51.4 Å². The monoisotopic (exact) mass is 1100 g/mol. The summed E-state index contributed by atoms with van der Waals surface area (Å²) in [5.41, 5.74) is 0.350. The molecule has 0 amide bonds. The van der Waals surface area contributed by atoms with Gasteiger partial charge >= 0.3 is 6.61 Å². The van der Waals surface area contributed by atoms with Gasteiger partial charge in [0.25, 0.3) is 0 Å². The highest BCUT2D eigenvalue weighted by molar-refractivity contribution is 7.99. The van der Waals surface area contributed by atoms with Crippen LogP contribution in [0.5, 0.6) is 0 Å². The fourth-order valence-electron chi connectivity index (χ4n) is 4.14. The summed E-state index contributed by atoms with van der Waals surface area (Å²) in [6.45, 7) is 70.3. The van der Waals surface area contributed by atoms with Gasteiger partial charge in [0.15, 0.2) is 6.36 Å². The number of ether oxygens (including phenoxy) is 7. The highest BCUT2D eigenvalue weighted by Gasteiger charge is 2.33. The van der Waals surface area contributed by atoms with E-state index >= 15 is 0 Å². The molecule has 1 saturated heterocycles. The number of hydrogen-bond donors (Lipinski definition) is 2. The van der Waals surface area contributed by atoms with Crippen LogP contribution in [0.25, 0.3) is 0 Å². The maximum Gasteiger partial charge on any atom is 0.345 e. The molecule has 2 aliphatic rings. The van der Waals surface area contributed by atoms with Gasteiger partial charge in [-0.15, -0.1) is 0 Å². The Balaban J connectivity index is -0.000000110. The highest BCUT2D eigenvalue weighted by Crippen LogP contribution is 2.44. The molecule has 2 unspecified atom stereocenters. The van der Waals surface area contributed by atoms with Crippen LogP contribution in [0.2, 0.25) is 0 Å². The first-order valence-electron chi connectivity index (χ1n) is 27.4. The minimum absolute atomic E-state index is 0.000000000000000444. The summed E-state index contributed by atoms with van der Waals surface area (Å²) >= 11 is 1.88. The van der Waals surface area contributed by atoms with E-state index in [0.717, 1.165) is 45.1 Å². The molecule has 0 aromatic heterocycles. The molecule has 0 radical (unpaired) electrons. The lowest BCUT2D eigenvalue weighted by molar-refractivity contribution is -0.189. The van der Waals surface area contributed by atoms with Crippen molar-refractivity contribution in [2.24, 2.45) is 22.2 Å². The van der Waals surface area contributed by atoms with E-state index in [-0.39, 0.29) is 40.7 Å². The number of aliphatic hydroxyl groups excluding tert-OH is 1. The molecule has 74 heavy (non-hydrogen) atoms. The normalized spacial score (nSPS) is 15.2. The minimum atomic E-state index is -2.66. The molecule has 0 aromatic carbocycles. The second-order valence-electron chi connectivity index (χ2n) is 29.4. The van der Waals surface area contributed by atoms with Crippen LogP contribution >= 0.6 is 11.8 Å². The van der Waals surface area contributed by atoms with Crippen LogP contribution in [-0.4, -0.2) is 122 Å². The summed E-state index contributed by atoms with van der Waals surface area (Å²) in [5, 5.41) is 11.9. The molecule has 1 aliphatic heterocycles. The summed E-state index contributed by atoms with van der Waals surface area (Å²) in [6, 6.07) is 0. The van der Waals surface area contributed by atoms with Crippen molar-refractivity contribution in [3.63, 3.8) is 0 Å². The summed E-state index contributed by atoms with van der Waals surface area (Å²) in [5.74, 6) is 1.05. The second-order valence-corrected chi connectivity index (χ2v) is 31.1. The lowest BCUT2D eigenvalue weighted by atomic mass is 9.91. The number of halogens is 3. The third-order valence-corrected chi connectivity index (χ3v) is 8.97. The molecule has 2 N–H and O–H groups in total. The Morgan fingerprint density at radius 3 is 0.959 bits per heavy atom. The summed E-state index contributed by atoms with van der Waals surface area (Å²) in [6.07, 6.45) is 6.36. The number of thioether (sulfide) groups is 1. The van der Waals surface area contributed by atoms with E-state index < -0.39 is 18.6 Å². The minimum Gasteiger partial charge on any atom is -0.394 e. The van der Waals surface area contributed by atoms with Crippen LogP contribution in [0.1, 0.15) is 261 Å². The maximum absolute atomic E-state index is 12.0. The summed E-state index contributed by atoms with van der Waals surface area (Å²) < 4.78 is 70.2. The largest absolute Gasteiger partial charge is 0.394 e. The smallest absolute Gasteiger partial charge is 0.345 e. The predicted octanol–water partition coefficient (Wildman–Crippen LogP) is 18.5. The van der Waals surface area contributed by atoms with Gasteiger partial charge < -0.3 is 43.6 Å². The van der Waals surface area contributed by atoms with E-state index in [4.69, 9.17) is 33.5 Å². The molecule has 1 aliphatic carbocycles. The van der Waals surface area contributed by atoms with Crippen LogP contribution in [0.15, 0.2) is 0 Å². The Kier molecular flexibility index (Phi) is 53.2. The van der Waals surface area contributed by atoms with Crippen molar-refractivity contribution in [1.29, 1.82) is 0 Å². The Labute approximate surface area is 466 Å². The average Bonchev–Trinajstić information content (AvgIpc) is 3.96. The number of nitrogens with one attached hydrogen (secondary N) is 1. The fourth-order valence-corrected chi connectivity index (χ4v) is 4.14. The third kappa shape index (κ3) is 124. The van der Waals surface area contributed by atoms with Gasteiger partial charge in [-0.05, 0) is 186 Å². The molecular weight excluding hydrogens is 964 g/mol. The molecule has 2 fully saturated rings. The van der Waals surface area contributed by atoms with E-state index in [2.05, 4.69) is 155 Å². The van der Waals surface area contributed by atoms with Crippen molar-refractivity contribution in [1.82, 2.24) is 5.32 Å². The van der Waals surface area contributed by atoms with Crippen molar-refractivity contribution in [2.45, 2.75) is 325 Å². The van der Waals surface area contributed by atoms with Crippen LogP contribution in [0.4, 0.5) is 13.2 Å². The first kappa shape index (κ1) is 90.3. The van der Waals surface area contributed by atoms with Crippen molar-refractivity contribution in [3.05, 3.63) is 0 Å². The molecule has 1 heterocycles. The van der Waals surface area contributed by atoms with Gasteiger partial charge in [0.05, 0.1) is 59.0 Å². The maximum atomic E-state index is 12.0. The van der Waals surface area contributed by atoms with E-state index in [1.54, 1.807) is 35.0 Å². The van der Waals surface area contributed by atoms with Crippen LogP contribution in [-0.2, 0) is 33.2 Å².